The van der Waals surface area contributed by atoms with Crippen LogP contribution in [0.4, 0.5) is 4.79 Å². The Morgan fingerprint density at radius 1 is 0.951 bits per heavy atom. The normalized spacial score (nSPS) is 19.9. The summed E-state index contributed by atoms with van der Waals surface area (Å²) < 4.78 is 24.3. The summed E-state index contributed by atoms with van der Waals surface area (Å²) in [6.07, 6.45) is 5.46. The first kappa shape index (κ1) is 38.1. The van der Waals surface area contributed by atoms with E-state index in [-0.39, 0.29) is 42.9 Å². The van der Waals surface area contributed by atoms with Crippen molar-refractivity contribution in [3.05, 3.63) is 12.3 Å². The molecule has 2 N–H and O–H groups in total. The van der Waals surface area contributed by atoms with Gasteiger partial charge in [0.2, 0.25) is 8.32 Å². The zero-order valence-electron chi connectivity index (χ0n) is 28.0. The topological polar surface area (TPSA) is 97.7 Å². The van der Waals surface area contributed by atoms with E-state index in [2.05, 4.69) is 41.5 Å². The average Bonchev–Trinajstić information content (AvgIpc) is 2.88. The smallest absolute Gasteiger partial charge is 0.415 e. The molecule has 1 fully saturated rings. The van der Waals surface area contributed by atoms with Gasteiger partial charge in [0, 0.05) is 37.1 Å². The molecule has 0 aliphatic carbocycles. The molecule has 0 saturated carbocycles. The van der Waals surface area contributed by atoms with Crippen molar-refractivity contribution in [3.8, 4) is 0 Å². The van der Waals surface area contributed by atoms with Gasteiger partial charge >= 0.3 is 6.09 Å². The molecule has 0 aromatic rings. The maximum absolute atomic E-state index is 12.8. The van der Waals surface area contributed by atoms with Crippen LogP contribution >= 0.6 is 0 Å². The molecule has 5 atom stereocenters. The number of hydrogen-bond acceptors (Lipinski definition) is 7. The fraction of sp³-hybridized carbons (Fsp3) is 0.906. The van der Waals surface area contributed by atoms with E-state index in [1.807, 2.05) is 34.6 Å². The van der Waals surface area contributed by atoms with Crippen molar-refractivity contribution >= 4 is 14.4 Å². The third kappa shape index (κ3) is 11.2. The Balaban J connectivity index is 3.18. The van der Waals surface area contributed by atoms with Crippen LogP contribution in [0.15, 0.2) is 12.3 Å². The summed E-state index contributed by atoms with van der Waals surface area (Å²) in [5, 5.41) is 21.7. The molecule has 1 amide bonds. The van der Waals surface area contributed by atoms with Crippen molar-refractivity contribution in [1.29, 1.82) is 0 Å². The summed E-state index contributed by atoms with van der Waals surface area (Å²) in [6, 6.07) is 0.00907. The SMILES string of the molecule is CC(C)N(C(=O)O/C=C\[C@H](CCOC1CCCCO1)[C@H](O)[C@@H](C)[C@@H](CCO)O[Si](C(C)C)(C(C)C)C(C)C)C(C)C. The van der Waals surface area contributed by atoms with Gasteiger partial charge in [0.25, 0.3) is 0 Å². The van der Waals surface area contributed by atoms with Crippen LogP contribution in [0.25, 0.3) is 0 Å². The monoisotopic (exact) mass is 601 g/mol. The number of hydrogen-bond donors (Lipinski definition) is 2. The van der Waals surface area contributed by atoms with Crippen LogP contribution in [0.5, 0.6) is 0 Å². The first-order valence-corrected chi connectivity index (χ1v) is 18.2. The number of aliphatic hydroxyl groups excluding tert-OH is 2. The highest BCUT2D eigenvalue weighted by Gasteiger charge is 2.48. The predicted molar refractivity (Wildman–Crippen MR) is 168 cm³/mol. The molecule has 0 aromatic heterocycles. The molecule has 8 nitrogen and oxygen atoms in total. The first-order chi connectivity index (χ1) is 19.2. The van der Waals surface area contributed by atoms with Gasteiger partial charge in [-0.25, -0.2) is 4.79 Å². The van der Waals surface area contributed by atoms with Gasteiger partial charge in [-0.05, 0) is 82.5 Å². The van der Waals surface area contributed by atoms with Crippen LogP contribution < -0.4 is 0 Å². The largest absolute Gasteiger partial charge is 0.418 e. The molecule has 9 heteroatoms. The number of amides is 1. The van der Waals surface area contributed by atoms with Crippen molar-refractivity contribution < 1.29 is 33.6 Å². The predicted octanol–water partition coefficient (Wildman–Crippen LogP) is 7.25. The van der Waals surface area contributed by atoms with E-state index in [9.17, 15) is 15.0 Å². The van der Waals surface area contributed by atoms with Crippen LogP contribution in [0, 0.1) is 11.8 Å². The summed E-state index contributed by atoms with van der Waals surface area (Å²) in [5.41, 5.74) is 1.16. The molecule has 1 aliphatic heterocycles. The van der Waals surface area contributed by atoms with Crippen LogP contribution in [0.1, 0.15) is 108 Å². The van der Waals surface area contributed by atoms with Gasteiger partial charge in [-0.1, -0.05) is 48.5 Å². The Kier molecular flexibility index (Phi) is 17.3. The van der Waals surface area contributed by atoms with Crippen molar-refractivity contribution in [1.82, 2.24) is 4.90 Å². The lowest BCUT2D eigenvalue weighted by atomic mass is 9.85. The number of ether oxygens (including phenoxy) is 3. The van der Waals surface area contributed by atoms with Crippen LogP contribution in [-0.2, 0) is 18.6 Å². The number of rotatable bonds is 18. The molecule has 1 aliphatic rings. The van der Waals surface area contributed by atoms with Crippen molar-refractivity contribution in [2.24, 2.45) is 11.8 Å². The Morgan fingerprint density at radius 2 is 1.54 bits per heavy atom. The highest BCUT2D eigenvalue weighted by atomic mass is 28.4. The van der Waals surface area contributed by atoms with Gasteiger partial charge in [-0.3, -0.25) is 0 Å². The molecular formula is C32H63NO7Si. The highest BCUT2D eigenvalue weighted by molar-refractivity contribution is 6.77. The summed E-state index contributed by atoms with van der Waals surface area (Å²) in [5.74, 6) is -0.602. The van der Waals surface area contributed by atoms with E-state index in [4.69, 9.17) is 18.6 Å². The van der Waals surface area contributed by atoms with E-state index < -0.39 is 20.5 Å². The van der Waals surface area contributed by atoms with E-state index in [0.29, 0.717) is 42.7 Å². The Bertz CT molecular complexity index is 723. The third-order valence-corrected chi connectivity index (χ3v) is 14.9. The molecule has 1 saturated heterocycles. The van der Waals surface area contributed by atoms with Crippen molar-refractivity contribution in [2.75, 3.05) is 19.8 Å². The highest BCUT2D eigenvalue weighted by Crippen LogP contribution is 2.44. The molecule has 0 aromatic carbocycles. The summed E-state index contributed by atoms with van der Waals surface area (Å²) in [6.45, 7) is 24.4. The van der Waals surface area contributed by atoms with Crippen LogP contribution in [-0.4, -0.2) is 79.9 Å². The molecule has 242 valence electrons. The quantitative estimate of drug-likeness (QED) is 0.126. The Hall–Kier alpha value is -0.973. The third-order valence-electron chi connectivity index (χ3n) is 8.75. The van der Waals surface area contributed by atoms with E-state index >= 15 is 0 Å². The van der Waals surface area contributed by atoms with Gasteiger partial charge in [0.15, 0.2) is 6.29 Å². The van der Waals surface area contributed by atoms with Gasteiger partial charge in [0.1, 0.15) is 0 Å². The number of carbonyl (C=O) groups is 1. The maximum Gasteiger partial charge on any atom is 0.415 e. The minimum atomic E-state index is -2.25. The second-order valence-electron chi connectivity index (χ2n) is 13.3. The standard InChI is InChI=1S/C32H63NO7Si/c1-22(2)33(23(3)4)32(36)39-21-17-28(16-20-38-30-14-12-13-19-37-30)31(35)27(11)29(15-18-34)40-41(24(5)6,25(7)8)26(9)10/h17,21-31,34-35H,12-16,18-20H2,1-11H3/b21-17-/t27-,28-,29+,30?,31+/m0/s1. The molecule has 0 spiro atoms. The Labute approximate surface area is 252 Å². The molecular weight excluding hydrogens is 538 g/mol. The van der Waals surface area contributed by atoms with Gasteiger partial charge < -0.3 is 33.7 Å². The molecule has 1 rings (SSSR count). The summed E-state index contributed by atoms with van der Waals surface area (Å²) in [4.78, 5) is 14.5. The lowest BCUT2D eigenvalue weighted by Gasteiger charge is -2.46. The Morgan fingerprint density at radius 3 is 2.00 bits per heavy atom. The minimum absolute atomic E-state index is 0.00453. The number of nitrogens with zero attached hydrogens (tertiary/aromatic N) is 1. The summed E-state index contributed by atoms with van der Waals surface area (Å²) >= 11 is 0. The van der Waals surface area contributed by atoms with E-state index in [1.54, 1.807) is 11.0 Å². The number of aliphatic hydroxyl groups is 2. The van der Waals surface area contributed by atoms with Crippen molar-refractivity contribution in [2.45, 2.75) is 155 Å². The molecule has 1 unspecified atom stereocenters. The number of carbonyl (C=O) groups excluding carboxylic acids is 1. The zero-order chi connectivity index (χ0) is 31.3. The zero-order valence-corrected chi connectivity index (χ0v) is 29.0. The maximum atomic E-state index is 12.8. The molecule has 0 radical (unpaired) electrons. The summed E-state index contributed by atoms with van der Waals surface area (Å²) in [7, 11) is -2.25. The lowest BCUT2D eigenvalue weighted by Crippen LogP contribution is -2.52. The first-order valence-electron chi connectivity index (χ1n) is 16.1. The fourth-order valence-electron chi connectivity index (χ4n) is 6.67. The van der Waals surface area contributed by atoms with E-state index in [1.165, 1.54) is 6.26 Å². The second-order valence-corrected chi connectivity index (χ2v) is 18.7. The van der Waals surface area contributed by atoms with Gasteiger partial charge in [-0.15, -0.1) is 0 Å². The molecule has 0 bridgehead atoms. The molecule has 1 heterocycles. The van der Waals surface area contributed by atoms with Gasteiger partial charge in [0.05, 0.1) is 25.1 Å². The van der Waals surface area contributed by atoms with Gasteiger partial charge in [-0.2, -0.15) is 0 Å². The van der Waals surface area contributed by atoms with Crippen LogP contribution in [0.3, 0.4) is 0 Å². The lowest BCUT2D eigenvalue weighted by molar-refractivity contribution is -0.165. The minimum Gasteiger partial charge on any atom is -0.418 e. The fourth-order valence-corrected chi connectivity index (χ4v) is 12.3. The second kappa shape index (κ2) is 18.6. The van der Waals surface area contributed by atoms with E-state index in [0.717, 1.165) is 19.3 Å². The van der Waals surface area contributed by atoms with Crippen LogP contribution in [0.2, 0.25) is 16.6 Å². The molecule has 41 heavy (non-hydrogen) atoms. The van der Waals surface area contributed by atoms with Crippen molar-refractivity contribution in [3.63, 3.8) is 0 Å². The average molecular weight is 602 g/mol.